The lowest BCUT2D eigenvalue weighted by atomic mass is 9.97. The van der Waals surface area contributed by atoms with Crippen LogP contribution in [0.25, 0.3) is 0 Å². The molecule has 1 saturated heterocycles. The Morgan fingerprint density at radius 3 is 2.41 bits per heavy atom. The van der Waals surface area contributed by atoms with E-state index in [1.807, 2.05) is 37.3 Å². The summed E-state index contributed by atoms with van der Waals surface area (Å²) in [5.41, 5.74) is 0.465. The summed E-state index contributed by atoms with van der Waals surface area (Å²) in [7, 11) is 0. The molecule has 0 aliphatic carbocycles. The van der Waals surface area contributed by atoms with Crippen LogP contribution in [0.3, 0.4) is 0 Å². The first-order valence-electron chi connectivity index (χ1n) is 6.03. The average Bonchev–Trinajstić information content (AvgIpc) is 2.56. The third-order valence-corrected chi connectivity index (χ3v) is 3.34. The lowest BCUT2D eigenvalue weighted by Gasteiger charge is -2.42. The highest BCUT2D eigenvalue weighted by Gasteiger charge is 2.48. The van der Waals surface area contributed by atoms with E-state index >= 15 is 0 Å². The fourth-order valence-electron chi connectivity index (χ4n) is 2.58. The standard InChI is InChI=1S/C14H21NO2/c1-13(2,3)15-10-12(16)17-14(15,4)11-8-6-5-7-9-11/h5-9,12,16H,10H2,1-4H3. The molecule has 1 aromatic carbocycles. The monoisotopic (exact) mass is 235 g/mol. The van der Waals surface area contributed by atoms with Gasteiger partial charge in [0.2, 0.25) is 0 Å². The van der Waals surface area contributed by atoms with E-state index in [9.17, 15) is 5.11 Å². The van der Waals surface area contributed by atoms with Gasteiger partial charge < -0.3 is 9.84 Å². The van der Waals surface area contributed by atoms with Crippen LogP contribution in [-0.2, 0) is 10.5 Å². The molecule has 0 aromatic heterocycles. The Hall–Kier alpha value is -0.900. The van der Waals surface area contributed by atoms with Crippen LogP contribution in [0.15, 0.2) is 30.3 Å². The molecule has 0 amide bonds. The Balaban J connectivity index is 2.41. The normalized spacial score (nSPS) is 30.8. The first-order valence-corrected chi connectivity index (χ1v) is 6.03. The molecule has 1 aromatic rings. The maximum atomic E-state index is 9.80. The van der Waals surface area contributed by atoms with Crippen molar-refractivity contribution >= 4 is 0 Å². The summed E-state index contributed by atoms with van der Waals surface area (Å²) >= 11 is 0. The zero-order chi connectivity index (χ0) is 12.7. The van der Waals surface area contributed by atoms with Gasteiger partial charge in [-0.15, -0.1) is 0 Å². The molecule has 2 atom stereocenters. The Bertz CT molecular complexity index is 385. The summed E-state index contributed by atoms with van der Waals surface area (Å²) in [6.07, 6.45) is -0.723. The largest absolute Gasteiger partial charge is 0.367 e. The van der Waals surface area contributed by atoms with Gasteiger partial charge in [-0.2, -0.15) is 0 Å². The fourth-order valence-corrected chi connectivity index (χ4v) is 2.58. The van der Waals surface area contributed by atoms with Gasteiger partial charge in [0.05, 0.1) is 6.54 Å². The van der Waals surface area contributed by atoms with Crippen molar-refractivity contribution in [1.29, 1.82) is 0 Å². The Kier molecular flexibility index (Phi) is 3.02. The van der Waals surface area contributed by atoms with E-state index in [2.05, 4.69) is 25.7 Å². The molecule has 17 heavy (non-hydrogen) atoms. The topological polar surface area (TPSA) is 32.7 Å². The number of rotatable bonds is 1. The molecule has 0 saturated carbocycles. The molecule has 1 aliphatic heterocycles. The Labute approximate surface area is 103 Å². The lowest BCUT2D eigenvalue weighted by molar-refractivity contribution is -0.169. The van der Waals surface area contributed by atoms with Crippen LogP contribution in [0.4, 0.5) is 0 Å². The number of aliphatic hydroxyl groups is 1. The zero-order valence-electron chi connectivity index (χ0n) is 11.0. The Morgan fingerprint density at radius 2 is 1.88 bits per heavy atom. The van der Waals surface area contributed by atoms with Gasteiger partial charge >= 0.3 is 0 Å². The molecule has 0 bridgehead atoms. The predicted octanol–water partition coefficient (Wildman–Crippen LogP) is 2.31. The molecule has 94 valence electrons. The number of benzene rings is 1. The van der Waals surface area contributed by atoms with E-state index < -0.39 is 12.0 Å². The highest BCUT2D eigenvalue weighted by atomic mass is 16.6. The van der Waals surface area contributed by atoms with E-state index in [0.717, 1.165) is 5.56 Å². The SMILES string of the molecule is CC(C)(C)N1CC(O)OC1(C)c1ccccc1. The molecule has 0 radical (unpaired) electrons. The van der Waals surface area contributed by atoms with Gasteiger partial charge in [-0.1, -0.05) is 30.3 Å². The van der Waals surface area contributed by atoms with Crippen molar-refractivity contribution in [2.45, 2.75) is 45.2 Å². The molecule has 1 fully saturated rings. The van der Waals surface area contributed by atoms with Gasteiger partial charge in [0.25, 0.3) is 0 Å². The van der Waals surface area contributed by atoms with Crippen LogP contribution in [0.5, 0.6) is 0 Å². The average molecular weight is 235 g/mol. The van der Waals surface area contributed by atoms with Crippen molar-refractivity contribution in [3.63, 3.8) is 0 Å². The summed E-state index contributed by atoms with van der Waals surface area (Å²) in [4.78, 5) is 2.19. The van der Waals surface area contributed by atoms with Gasteiger partial charge in [0, 0.05) is 5.54 Å². The molecule has 1 heterocycles. The maximum Gasteiger partial charge on any atom is 0.170 e. The third kappa shape index (κ3) is 2.23. The van der Waals surface area contributed by atoms with Crippen molar-refractivity contribution in [2.75, 3.05) is 6.54 Å². The molecule has 0 spiro atoms. The van der Waals surface area contributed by atoms with Crippen LogP contribution >= 0.6 is 0 Å². The number of nitrogens with zero attached hydrogens (tertiary/aromatic N) is 1. The molecule has 3 nitrogen and oxygen atoms in total. The summed E-state index contributed by atoms with van der Waals surface area (Å²) in [6, 6.07) is 10.1. The summed E-state index contributed by atoms with van der Waals surface area (Å²) in [5.74, 6) is 0. The van der Waals surface area contributed by atoms with E-state index in [1.54, 1.807) is 0 Å². The molecule has 2 rings (SSSR count). The van der Waals surface area contributed by atoms with Crippen molar-refractivity contribution in [3.8, 4) is 0 Å². The molecule has 1 N–H and O–H groups in total. The number of hydrogen-bond acceptors (Lipinski definition) is 3. The Morgan fingerprint density at radius 1 is 1.29 bits per heavy atom. The van der Waals surface area contributed by atoms with Crippen molar-refractivity contribution in [1.82, 2.24) is 4.90 Å². The van der Waals surface area contributed by atoms with Gasteiger partial charge in [-0.05, 0) is 33.3 Å². The van der Waals surface area contributed by atoms with E-state index in [0.29, 0.717) is 6.54 Å². The number of aliphatic hydroxyl groups excluding tert-OH is 1. The van der Waals surface area contributed by atoms with Crippen molar-refractivity contribution in [3.05, 3.63) is 35.9 Å². The molecular weight excluding hydrogens is 214 g/mol. The first-order chi connectivity index (χ1) is 7.84. The van der Waals surface area contributed by atoms with Crippen LogP contribution in [-0.4, -0.2) is 28.4 Å². The number of hydrogen-bond donors (Lipinski definition) is 1. The van der Waals surface area contributed by atoms with Crippen LogP contribution in [0, 0.1) is 0 Å². The zero-order valence-corrected chi connectivity index (χ0v) is 11.0. The van der Waals surface area contributed by atoms with Gasteiger partial charge in [0.15, 0.2) is 6.29 Å². The molecule has 3 heteroatoms. The van der Waals surface area contributed by atoms with Crippen LogP contribution < -0.4 is 0 Å². The smallest absolute Gasteiger partial charge is 0.170 e. The molecule has 2 unspecified atom stereocenters. The van der Waals surface area contributed by atoms with Crippen LogP contribution in [0.2, 0.25) is 0 Å². The van der Waals surface area contributed by atoms with Gasteiger partial charge in [-0.25, -0.2) is 0 Å². The predicted molar refractivity (Wildman–Crippen MR) is 67.3 cm³/mol. The third-order valence-electron chi connectivity index (χ3n) is 3.34. The second kappa shape index (κ2) is 4.09. The van der Waals surface area contributed by atoms with Gasteiger partial charge in [-0.3, -0.25) is 4.90 Å². The maximum absolute atomic E-state index is 9.80. The summed E-state index contributed by atoms with van der Waals surface area (Å²) in [5, 5.41) is 9.80. The minimum Gasteiger partial charge on any atom is -0.367 e. The van der Waals surface area contributed by atoms with Crippen LogP contribution in [0.1, 0.15) is 33.3 Å². The quantitative estimate of drug-likeness (QED) is 0.810. The number of β-amino-alcohol motifs (C(OH)–C–C–N with tert-alkyl or cyclic N) is 1. The molecule has 1 aliphatic rings. The second-order valence-electron chi connectivity index (χ2n) is 5.70. The summed E-state index contributed by atoms with van der Waals surface area (Å²) < 4.78 is 5.76. The van der Waals surface area contributed by atoms with Crippen molar-refractivity contribution in [2.24, 2.45) is 0 Å². The minimum absolute atomic E-state index is 0.0535. The van der Waals surface area contributed by atoms with E-state index in [1.165, 1.54) is 0 Å². The summed E-state index contributed by atoms with van der Waals surface area (Å²) in [6.45, 7) is 8.96. The minimum atomic E-state index is -0.723. The second-order valence-corrected chi connectivity index (χ2v) is 5.70. The lowest BCUT2D eigenvalue weighted by Crippen LogP contribution is -2.50. The molecular formula is C14H21NO2. The van der Waals surface area contributed by atoms with E-state index in [4.69, 9.17) is 4.74 Å². The fraction of sp³-hybridized carbons (Fsp3) is 0.571. The first kappa shape index (κ1) is 12.6. The van der Waals surface area contributed by atoms with Crippen molar-refractivity contribution < 1.29 is 9.84 Å². The van der Waals surface area contributed by atoms with Gasteiger partial charge in [0.1, 0.15) is 5.72 Å². The van der Waals surface area contributed by atoms with E-state index in [-0.39, 0.29) is 5.54 Å². The number of ether oxygens (including phenoxy) is 1. The highest BCUT2D eigenvalue weighted by Crippen LogP contribution is 2.40. The highest BCUT2D eigenvalue weighted by molar-refractivity contribution is 5.23.